The predicted molar refractivity (Wildman–Crippen MR) is 147 cm³/mol. The van der Waals surface area contributed by atoms with Gasteiger partial charge in [0.1, 0.15) is 0 Å². The molecule has 0 radical (unpaired) electrons. The van der Waals surface area contributed by atoms with E-state index in [9.17, 15) is 0 Å². The third-order valence-corrected chi connectivity index (χ3v) is 5.17. The number of hydrogen-bond acceptors (Lipinski definition) is 2. The summed E-state index contributed by atoms with van der Waals surface area (Å²) in [7, 11) is 2.07. The van der Waals surface area contributed by atoms with Crippen LogP contribution in [0.5, 0.6) is 0 Å². The fraction of sp³-hybridized carbons (Fsp3) is 0.194. The van der Waals surface area contributed by atoms with Crippen LogP contribution in [0.3, 0.4) is 0 Å². The van der Waals surface area contributed by atoms with Crippen molar-refractivity contribution in [2.75, 3.05) is 11.9 Å². The summed E-state index contributed by atoms with van der Waals surface area (Å²) in [6, 6.07) is 27.1. The van der Waals surface area contributed by atoms with E-state index in [0.717, 1.165) is 16.8 Å². The molecule has 4 aromatic rings. The molecular formula is C31H36N2. The van der Waals surface area contributed by atoms with Crippen LogP contribution in [0.1, 0.15) is 36.2 Å². The Morgan fingerprint density at radius 1 is 0.818 bits per heavy atom. The van der Waals surface area contributed by atoms with E-state index in [0.29, 0.717) is 0 Å². The molecule has 0 saturated heterocycles. The first-order chi connectivity index (χ1) is 15.8. The van der Waals surface area contributed by atoms with Gasteiger partial charge in [-0.3, -0.25) is 0 Å². The second-order valence-electron chi connectivity index (χ2n) is 8.22. The van der Waals surface area contributed by atoms with Crippen LogP contribution in [0.15, 0.2) is 98.1 Å². The van der Waals surface area contributed by atoms with Crippen molar-refractivity contribution in [2.45, 2.75) is 34.6 Å². The molecule has 0 bridgehead atoms. The molecule has 0 aliphatic rings. The van der Waals surface area contributed by atoms with Gasteiger partial charge in [-0.05, 0) is 93.3 Å². The average molecular weight is 437 g/mol. The number of rotatable bonds is 3. The molecule has 1 heterocycles. The van der Waals surface area contributed by atoms with Crippen molar-refractivity contribution in [1.82, 2.24) is 4.98 Å². The van der Waals surface area contributed by atoms with Crippen LogP contribution in [0, 0.1) is 20.8 Å². The first-order valence-corrected chi connectivity index (χ1v) is 11.2. The fourth-order valence-electron chi connectivity index (χ4n) is 3.66. The number of para-hydroxylation sites is 2. The number of anilines is 2. The van der Waals surface area contributed by atoms with Crippen molar-refractivity contribution in [3.05, 3.63) is 120 Å². The van der Waals surface area contributed by atoms with Crippen molar-refractivity contribution in [3.8, 4) is 0 Å². The van der Waals surface area contributed by atoms with Crippen LogP contribution in [0.2, 0.25) is 0 Å². The molecule has 4 rings (SSSR count). The molecule has 0 unspecified atom stereocenters. The smallest absolute Gasteiger partial charge is 0.0717 e. The molecular weight excluding hydrogens is 400 g/mol. The Bertz CT molecular complexity index is 1150. The number of aromatic nitrogens is 1. The fourth-order valence-corrected chi connectivity index (χ4v) is 3.66. The van der Waals surface area contributed by atoms with Crippen LogP contribution in [0.25, 0.3) is 16.5 Å². The highest BCUT2D eigenvalue weighted by molar-refractivity contribution is 5.87. The lowest BCUT2D eigenvalue weighted by molar-refractivity contribution is 1.21. The maximum atomic E-state index is 4.66. The van der Waals surface area contributed by atoms with Crippen molar-refractivity contribution in [3.63, 3.8) is 0 Å². The molecule has 0 N–H and O–H groups in total. The molecule has 0 aliphatic heterocycles. The quantitative estimate of drug-likeness (QED) is 0.298. The Hall–Kier alpha value is -3.65. The predicted octanol–water partition coefficient (Wildman–Crippen LogP) is 8.84. The summed E-state index contributed by atoms with van der Waals surface area (Å²) in [4.78, 5) is 6.82. The van der Waals surface area contributed by atoms with Crippen molar-refractivity contribution in [2.24, 2.45) is 0 Å². The first kappa shape index (κ1) is 25.6. The number of allylic oxidation sites excluding steroid dienone is 2. The average Bonchev–Trinajstić information content (AvgIpc) is 2.80. The molecule has 0 fully saturated rings. The second-order valence-corrected chi connectivity index (χ2v) is 8.22. The van der Waals surface area contributed by atoms with Gasteiger partial charge in [0.2, 0.25) is 0 Å². The summed E-state index contributed by atoms with van der Waals surface area (Å²) in [5, 5.41) is 1.27. The number of nitrogens with zero attached hydrogens (tertiary/aromatic N) is 2. The summed E-state index contributed by atoms with van der Waals surface area (Å²) >= 11 is 0. The number of aryl methyl sites for hydroxylation is 3. The summed E-state index contributed by atoms with van der Waals surface area (Å²) in [5.41, 5.74) is 9.34. The zero-order valence-electron chi connectivity index (χ0n) is 20.9. The SMILES string of the molecule is C=C(C)c1cc(C)c2c(C)cc(C)cc2n1.C=CC.CN(c1ccccc1)c1ccccc1. The minimum atomic E-state index is 0.995. The molecule has 33 heavy (non-hydrogen) atoms. The van der Waals surface area contributed by atoms with Crippen molar-refractivity contribution in [1.29, 1.82) is 0 Å². The highest BCUT2D eigenvalue weighted by Crippen LogP contribution is 2.25. The van der Waals surface area contributed by atoms with Gasteiger partial charge < -0.3 is 4.90 Å². The Morgan fingerprint density at radius 3 is 1.73 bits per heavy atom. The lowest BCUT2D eigenvalue weighted by Gasteiger charge is -2.18. The van der Waals surface area contributed by atoms with Gasteiger partial charge in [0.25, 0.3) is 0 Å². The first-order valence-electron chi connectivity index (χ1n) is 11.2. The zero-order chi connectivity index (χ0) is 24.4. The molecule has 0 saturated carbocycles. The molecule has 0 amide bonds. The number of pyridine rings is 1. The summed E-state index contributed by atoms with van der Waals surface area (Å²) in [6.07, 6.45) is 1.75. The summed E-state index contributed by atoms with van der Waals surface area (Å²) in [6.45, 7) is 17.6. The van der Waals surface area contributed by atoms with E-state index in [1.54, 1.807) is 6.08 Å². The van der Waals surface area contributed by atoms with E-state index in [2.05, 4.69) is 118 Å². The molecule has 2 nitrogen and oxygen atoms in total. The highest BCUT2D eigenvalue weighted by atomic mass is 15.1. The van der Waals surface area contributed by atoms with Crippen LogP contribution in [-0.2, 0) is 0 Å². The Balaban J connectivity index is 0.000000210. The van der Waals surface area contributed by atoms with E-state index in [1.165, 1.54) is 33.5 Å². The minimum Gasteiger partial charge on any atom is -0.345 e. The Labute approximate surface area is 199 Å². The number of benzene rings is 3. The van der Waals surface area contributed by atoms with Crippen LogP contribution in [0.4, 0.5) is 11.4 Å². The summed E-state index contributed by atoms with van der Waals surface area (Å²) in [5.74, 6) is 0. The van der Waals surface area contributed by atoms with E-state index in [1.807, 2.05) is 26.0 Å². The third kappa shape index (κ3) is 7.18. The molecule has 170 valence electrons. The monoisotopic (exact) mass is 436 g/mol. The molecule has 2 heteroatoms. The van der Waals surface area contributed by atoms with Gasteiger partial charge in [-0.25, -0.2) is 4.98 Å². The van der Waals surface area contributed by atoms with Gasteiger partial charge in [0, 0.05) is 23.8 Å². The Morgan fingerprint density at radius 2 is 1.27 bits per heavy atom. The molecule has 3 aromatic carbocycles. The van der Waals surface area contributed by atoms with E-state index < -0.39 is 0 Å². The summed E-state index contributed by atoms with van der Waals surface area (Å²) < 4.78 is 0. The Kier molecular flexibility index (Phi) is 9.62. The van der Waals surface area contributed by atoms with Gasteiger partial charge in [-0.15, -0.1) is 6.58 Å². The van der Waals surface area contributed by atoms with Gasteiger partial charge in [0.15, 0.2) is 0 Å². The molecule has 0 aliphatic carbocycles. The van der Waals surface area contributed by atoms with Crippen molar-refractivity contribution < 1.29 is 0 Å². The lowest BCUT2D eigenvalue weighted by Crippen LogP contribution is -2.08. The van der Waals surface area contributed by atoms with Gasteiger partial charge >= 0.3 is 0 Å². The molecule has 0 spiro atoms. The van der Waals surface area contributed by atoms with Gasteiger partial charge in [-0.2, -0.15) is 0 Å². The van der Waals surface area contributed by atoms with Crippen LogP contribution in [-0.4, -0.2) is 12.0 Å². The van der Waals surface area contributed by atoms with E-state index >= 15 is 0 Å². The third-order valence-electron chi connectivity index (χ3n) is 5.17. The normalized spacial score (nSPS) is 9.76. The van der Waals surface area contributed by atoms with Crippen molar-refractivity contribution >= 4 is 27.9 Å². The number of hydrogen-bond donors (Lipinski definition) is 0. The lowest BCUT2D eigenvalue weighted by atomic mass is 10.0. The maximum absolute atomic E-state index is 4.66. The zero-order valence-corrected chi connectivity index (χ0v) is 20.9. The maximum Gasteiger partial charge on any atom is 0.0717 e. The van der Waals surface area contributed by atoms with Crippen LogP contribution < -0.4 is 4.90 Å². The standard InChI is InChI=1S/C15H17N.C13H13N.C3H6/c1-9(2)13-8-12(5)15-11(4)6-10(3)7-14(15)16-13;1-14(12-8-4-2-5-9-12)13-10-6-3-7-11-13;1-3-2/h6-8H,1H2,2-5H3;2-11H,1H3;3H,1H2,2H3. The number of fused-ring (bicyclic) bond motifs is 1. The van der Waals surface area contributed by atoms with Crippen LogP contribution >= 0.6 is 0 Å². The van der Waals surface area contributed by atoms with Gasteiger partial charge in [0.05, 0.1) is 11.2 Å². The largest absolute Gasteiger partial charge is 0.345 e. The highest BCUT2D eigenvalue weighted by Gasteiger charge is 2.06. The van der Waals surface area contributed by atoms with Gasteiger partial charge in [-0.1, -0.05) is 55.1 Å². The van der Waals surface area contributed by atoms with E-state index in [4.69, 9.17) is 0 Å². The topological polar surface area (TPSA) is 16.1 Å². The van der Waals surface area contributed by atoms with E-state index in [-0.39, 0.29) is 0 Å². The molecule has 0 atom stereocenters. The molecule has 1 aromatic heterocycles. The second kappa shape index (κ2) is 12.4. The minimum absolute atomic E-state index is 0.995.